The van der Waals surface area contributed by atoms with Crippen molar-refractivity contribution in [3.05, 3.63) is 0 Å². The van der Waals surface area contributed by atoms with E-state index in [0.29, 0.717) is 0 Å². The van der Waals surface area contributed by atoms with Crippen molar-refractivity contribution in [2.75, 3.05) is 6.61 Å². The summed E-state index contributed by atoms with van der Waals surface area (Å²) in [5, 5.41) is 43.5. The summed E-state index contributed by atoms with van der Waals surface area (Å²) in [5.74, 6) is 0. The predicted molar refractivity (Wildman–Crippen MR) is 37.9 cm³/mol. The first-order valence-corrected chi connectivity index (χ1v) is 3.33. The first kappa shape index (κ1) is 19.6. The maximum atomic E-state index is 9.90. The molecule has 0 aromatic heterocycles. The normalized spacial score (nSPS) is 18.1. The van der Waals surface area contributed by atoms with Crippen LogP contribution in [0.1, 0.15) is 0 Å². The van der Waals surface area contributed by atoms with Crippen molar-refractivity contribution in [3.8, 4) is 0 Å². The fourth-order valence-corrected chi connectivity index (χ4v) is 0.618. The van der Waals surface area contributed by atoms with E-state index in [0.717, 1.165) is 0 Å². The minimum Gasteiger partial charge on any atom is -2.00 e. The Morgan fingerprint density at radius 1 is 1.07 bits per heavy atom. The first-order chi connectivity index (χ1) is 5.54. The summed E-state index contributed by atoms with van der Waals surface area (Å²) in [7, 11) is 0. The zero-order valence-electron chi connectivity index (χ0n) is 7.35. The molecule has 0 aliphatic heterocycles. The summed E-state index contributed by atoms with van der Waals surface area (Å²) < 4.78 is 0. The molecule has 7 nitrogen and oxygen atoms in total. The van der Waals surface area contributed by atoms with E-state index in [9.17, 15) is 4.79 Å². The van der Waals surface area contributed by atoms with Gasteiger partial charge in [0.25, 0.3) is 0 Å². The van der Waals surface area contributed by atoms with E-state index in [1.165, 1.54) is 0 Å². The Balaban J connectivity index is -0.000000605. The van der Waals surface area contributed by atoms with Crippen molar-refractivity contribution in [2.24, 2.45) is 0 Å². The smallest absolute Gasteiger partial charge is 2.00 e. The molecule has 0 heterocycles. The van der Waals surface area contributed by atoms with Gasteiger partial charge in [0, 0.05) is 0 Å². The standard InChI is InChI=1S/C6H12O6.O.Zn/c7-1-3(9)5(11)6(12)4(10)2-8;;/h1,3-6,8-12H,2H2;;/q;-2;+2/t3-,4+,5+,6+;;/m0../s1. The fraction of sp³-hybridized carbons (Fsp3) is 0.833. The third-order valence-corrected chi connectivity index (χ3v) is 1.42. The van der Waals surface area contributed by atoms with Crippen LogP contribution in [0.3, 0.4) is 0 Å². The average Bonchev–Trinajstić information content (AvgIpc) is 2.12. The molecule has 0 aliphatic carbocycles. The number of carbonyl (C=O) groups excluding carboxylic acids is 1. The molecule has 0 saturated carbocycles. The Labute approximate surface area is 93.1 Å². The molecular formula is C6H12O7Zn. The second kappa shape index (κ2) is 9.60. The number of aliphatic hydroxyl groups excluding tert-OH is 5. The van der Waals surface area contributed by atoms with E-state index in [1.54, 1.807) is 0 Å². The van der Waals surface area contributed by atoms with Crippen LogP contribution in [0.4, 0.5) is 0 Å². The van der Waals surface area contributed by atoms with Crippen LogP contribution in [-0.2, 0) is 29.7 Å². The molecule has 0 saturated heterocycles. The Bertz CT molecular complexity index is 144. The van der Waals surface area contributed by atoms with Crippen LogP contribution in [-0.4, -0.2) is 62.8 Å². The summed E-state index contributed by atoms with van der Waals surface area (Å²) in [5.41, 5.74) is 0. The molecule has 0 aromatic carbocycles. The van der Waals surface area contributed by atoms with Crippen molar-refractivity contribution in [3.63, 3.8) is 0 Å². The topological polar surface area (TPSA) is 147 Å². The molecule has 14 heavy (non-hydrogen) atoms. The Kier molecular flexibility index (Phi) is 13.4. The molecular weight excluding hydrogens is 249 g/mol. The summed E-state index contributed by atoms with van der Waals surface area (Å²) in [6, 6.07) is 0. The molecule has 0 amide bonds. The Morgan fingerprint density at radius 2 is 1.50 bits per heavy atom. The predicted octanol–water partition coefficient (Wildman–Crippen LogP) is -3.50. The van der Waals surface area contributed by atoms with Gasteiger partial charge in [0.15, 0.2) is 6.29 Å². The summed E-state index contributed by atoms with van der Waals surface area (Å²) >= 11 is 0. The molecule has 5 N–H and O–H groups in total. The minimum absolute atomic E-state index is 0. The van der Waals surface area contributed by atoms with Crippen molar-refractivity contribution in [2.45, 2.75) is 24.4 Å². The zero-order valence-corrected chi connectivity index (χ0v) is 10.3. The number of aliphatic hydroxyl groups is 5. The van der Waals surface area contributed by atoms with Crippen LogP contribution < -0.4 is 0 Å². The molecule has 8 heteroatoms. The van der Waals surface area contributed by atoms with Crippen LogP contribution in [0.5, 0.6) is 0 Å². The Morgan fingerprint density at radius 3 is 1.79 bits per heavy atom. The van der Waals surface area contributed by atoms with Gasteiger partial charge in [-0.05, 0) is 0 Å². The van der Waals surface area contributed by atoms with E-state index in [1.807, 2.05) is 0 Å². The van der Waals surface area contributed by atoms with Crippen LogP contribution in [0, 0.1) is 0 Å². The van der Waals surface area contributed by atoms with E-state index < -0.39 is 31.0 Å². The molecule has 0 radical (unpaired) electrons. The largest absolute Gasteiger partial charge is 2.00 e. The zero-order chi connectivity index (χ0) is 9.72. The molecule has 0 fully saturated rings. The first-order valence-electron chi connectivity index (χ1n) is 3.33. The summed E-state index contributed by atoms with van der Waals surface area (Å²) in [6.07, 6.45) is -6.84. The molecule has 0 unspecified atom stereocenters. The van der Waals surface area contributed by atoms with Gasteiger partial charge in [0.05, 0.1) is 6.61 Å². The van der Waals surface area contributed by atoms with Crippen LogP contribution >= 0.6 is 0 Å². The van der Waals surface area contributed by atoms with Gasteiger partial charge in [-0.1, -0.05) is 0 Å². The van der Waals surface area contributed by atoms with Crippen LogP contribution in [0.2, 0.25) is 0 Å². The third kappa shape index (κ3) is 5.71. The Hall–Kier alpha value is 0.0534. The van der Waals surface area contributed by atoms with Gasteiger partial charge in [-0.3, -0.25) is 0 Å². The maximum absolute atomic E-state index is 9.90. The van der Waals surface area contributed by atoms with Crippen molar-refractivity contribution >= 4 is 6.29 Å². The van der Waals surface area contributed by atoms with Gasteiger partial charge in [0.2, 0.25) is 0 Å². The van der Waals surface area contributed by atoms with Gasteiger partial charge >= 0.3 is 19.5 Å². The molecule has 80 valence electrons. The van der Waals surface area contributed by atoms with Gasteiger partial charge in [0.1, 0.15) is 24.4 Å². The van der Waals surface area contributed by atoms with Crippen LogP contribution in [0.15, 0.2) is 0 Å². The van der Waals surface area contributed by atoms with Gasteiger partial charge in [-0.15, -0.1) is 0 Å². The minimum atomic E-state index is -1.79. The average molecular weight is 262 g/mol. The number of carbonyl (C=O) groups is 1. The number of aldehydes is 1. The van der Waals surface area contributed by atoms with Gasteiger partial charge in [-0.2, -0.15) is 0 Å². The third-order valence-electron chi connectivity index (χ3n) is 1.42. The van der Waals surface area contributed by atoms with Gasteiger partial charge in [-0.25, -0.2) is 0 Å². The molecule has 0 spiro atoms. The maximum Gasteiger partial charge on any atom is 2.00 e. The summed E-state index contributed by atoms with van der Waals surface area (Å²) in [6.45, 7) is -0.760. The second-order valence-corrected chi connectivity index (χ2v) is 2.36. The summed E-state index contributed by atoms with van der Waals surface area (Å²) in [4.78, 5) is 9.90. The van der Waals surface area contributed by atoms with E-state index in [4.69, 9.17) is 25.5 Å². The SMILES string of the molecule is O=C[C@H](O)[C@@H](O)[C@H](O)[C@H](O)CO.[O-2].[Zn+2]. The molecule has 0 aromatic rings. The van der Waals surface area contributed by atoms with E-state index in [2.05, 4.69) is 0 Å². The quantitative estimate of drug-likeness (QED) is 0.256. The number of hydrogen-bond acceptors (Lipinski definition) is 6. The molecule has 0 bridgehead atoms. The molecule has 0 aliphatic rings. The number of rotatable bonds is 5. The van der Waals surface area contributed by atoms with Crippen molar-refractivity contribution in [1.29, 1.82) is 0 Å². The molecule has 4 atom stereocenters. The number of hydrogen-bond donors (Lipinski definition) is 5. The van der Waals surface area contributed by atoms with E-state index >= 15 is 0 Å². The molecule has 0 rings (SSSR count). The second-order valence-electron chi connectivity index (χ2n) is 2.36. The van der Waals surface area contributed by atoms with E-state index in [-0.39, 0.29) is 31.2 Å². The monoisotopic (exact) mass is 260 g/mol. The van der Waals surface area contributed by atoms with Crippen molar-refractivity contribution < 1.29 is 55.3 Å². The van der Waals surface area contributed by atoms with Gasteiger partial charge < -0.3 is 35.8 Å². The van der Waals surface area contributed by atoms with Crippen molar-refractivity contribution in [1.82, 2.24) is 0 Å². The van der Waals surface area contributed by atoms with Crippen LogP contribution in [0.25, 0.3) is 0 Å². The fourth-order valence-electron chi connectivity index (χ4n) is 0.618.